The number of hydrogen-bond acceptors (Lipinski definition) is 4. The van der Waals surface area contributed by atoms with Gasteiger partial charge in [-0.25, -0.2) is 4.98 Å². The molecule has 4 nitrogen and oxygen atoms in total. The van der Waals surface area contributed by atoms with Crippen molar-refractivity contribution in [1.29, 1.82) is 0 Å². The number of aromatic nitrogens is 2. The SMILES string of the molecule is Cc1cc(NCCC(C)C)nc(Nc2cccc(Br)c2)n1. The minimum absolute atomic E-state index is 0.611. The molecule has 0 saturated heterocycles. The van der Waals surface area contributed by atoms with Gasteiger partial charge < -0.3 is 10.6 Å². The van der Waals surface area contributed by atoms with Crippen LogP contribution < -0.4 is 10.6 Å². The van der Waals surface area contributed by atoms with Gasteiger partial charge in [-0.15, -0.1) is 0 Å². The van der Waals surface area contributed by atoms with Crippen molar-refractivity contribution >= 4 is 33.4 Å². The summed E-state index contributed by atoms with van der Waals surface area (Å²) in [6, 6.07) is 9.91. The summed E-state index contributed by atoms with van der Waals surface area (Å²) in [5.74, 6) is 2.15. The Bertz CT molecular complexity index is 599. The second-order valence-electron chi connectivity index (χ2n) is 5.46. The van der Waals surface area contributed by atoms with Gasteiger partial charge in [0.15, 0.2) is 0 Å². The monoisotopic (exact) mass is 348 g/mol. The first-order valence-corrected chi connectivity index (χ1v) is 7.94. The lowest BCUT2D eigenvalue weighted by Crippen LogP contribution is -2.08. The standard InChI is InChI=1S/C16H21BrN4/c1-11(2)7-8-18-15-9-12(3)19-16(21-15)20-14-6-4-5-13(17)10-14/h4-6,9-11H,7-8H2,1-3H3,(H2,18,19,20,21). The lowest BCUT2D eigenvalue weighted by molar-refractivity contribution is 0.606. The molecule has 0 spiro atoms. The molecule has 0 unspecified atom stereocenters. The summed E-state index contributed by atoms with van der Waals surface area (Å²) in [5, 5.41) is 6.59. The highest BCUT2D eigenvalue weighted by atomic mass is 79.9. The maximum absolute atomic E-state index is 4.51. The molecule has 112 valence electrons. The average Bonchev–Trinajstić information content (AvgIpc) is 2.37. The van der Waals surface area contributed by atoms with Crippen LogP contribution in [0.15, 0.2) is 34.8 Å². The molecule has 0 aliphatic heterocycles. The van der Waals surface area contributed by atoms with E-state index in [0.717, 1.165) is 34.6 Å². The smallest absolute Gasteiger partial charge is 0.229 e. The summed E-state index contributed by atoms with van der Waals surface area (Å²) in [4.78, 5) is 8.93. The van der Waals surface area contributed by atoms with Gasteiger partial charge in [-0.05, 0) is 37.5 Å². The van der Waals surface area contributed by atoms with Crippen LogP contribution in [0.25, 0.3) is 0 Å². The predicted octanol–water partition coefficient (Wildman–Crippen LogP) is 4.75. The summed E-state index contributed by atoms with van der Waals surface area (Å²) in [6.45, 7) is 7.33. The minimum atomic E-state index is 0.611. The van der Waals surface area contributed by atoms with Gasteiger partial charge in [0.1, 0.15) is 5.82 Å². The summed E-state index contributed by atoms with van der Waals surface area (Å²) >= 11 is 3.46. The second kappa shape index (κ2) is 7.41. The number of hydrogen-bond donors (Lipinski definition) is 2. The minimum Gasteiger partial charge on any atom is -0.370 e. The van der Waals surface area contributed by atoms with Crippen LogP contribution in [0.3, 0.4) is 0 Å². The van der Waals surface area contributed by atoms with E-state index in [0.29, 0.717) is 11.9 Å². The molecule has 0 aliphatic carbocycles. The van der Waals surface area contributed by atoms with Crippen LogP contribution in [0, 0.1) is 12.8 Å². The largest absolute Gasteiger partial charge is 0.370 e. The van der Waals surface area contributed by atoms with Crippen molar-refractivity contribution in [2.24, 2.45) is 5.92 Å². The van der Waals surface area contributed by atoms with Crippen LogP contribution in [0.5, 0.6) is 0 Å². The molecule has 0 saturated carbocycles. The highest BCUT2D eigenvalue weighted by molar-refractivity contribution is 9.10. The van der Waals surface area contributed by atoms with E-state index in [-0.39, 0.29) is 0 Å². The van der Waals surface area contributed by atoms with E-state index in [2.05, 4.69) is 50.4 Å². The molecule has 1 heterocycles. The Labute approximate surface area is 134 Å². The van der Waals surface area contributed by atoms with Gasteiger partial charge in [-0.2, -0.15) is 4.98 Å². The molecule has 21 heavy (non-hydrogen) atoms. The average molecular weight is 349 g/mol. The molecule has 1 aromatic heterocycles. The Morgan fingerprint density at radius 1 is 1.19 bits per heavy atom. The zero-order valence-electron chi connectivity index (χ0n) is 12.7. The number of benzene rings is 1. The lowest BCUT2D eigenvalue weighted by atomic mass is 10.1. The molecule has 2 N–H and O–H groups in total. The predicted molar refractivity (Wildman–Crippen MR) is 92.1 cm³/mol. The first-order chi connectivity index (χ1) is 10.0. The molecule has 2 aromatic rings. The van der Waals surface area contributed by atoms with Crippen LogP contribution in [0.2, 0.25) is 0 Å². The fraction of sp³-hybridized carbons (Fsp3) is 0.375. The van der Waals surface area contributed by atoms with E-state index in [1.54, 1.807) is 0 Å². The Morgan fingerprint density at radius 2 is 2.00 bits per heavy atom. The van der Waals surface area contributed by atoms with Gasteiger partial charge in [0.25, 0.3) is 0 Å². The van der Waals surface area contributed by atoms with Gasteiger partial charge >= 0.3 is 0 Å². The van der Waals surface area contributed by atoms with Gasteiger partial charge in [-0.3, -0.25) is 0 Å². The van der Waals surface area contributed by atoms with Crippen molar-refractivity contribution < 1.29 is 0 Å². The molecular formula is C16H21BrN4. The van der Waals surface area contributed by atoms with E-state index in [1.807, 2.05) is 37.3 Å². The molecule has 0 amide bonds. The van der Waals surface area contributed by atoms with Crippen molar-refractivity contribution in [1.82, 2.24) is 9.97 Å². The number of aryl methyl sites for hydroxylation is 1. The lowest BCUT2D eigenvalue weighted by Gasteiger charge is -2.11. The summed E-state index contributed by atoms with van der Waals surface area (Å²) in [7, 11) is 0. The van der Waals surface area contributed by atoms with Crippen LogP contribution in [0.1, 0.15) is 26.0 Å². The van der Waals surface area contributed by atoms with E-state index < -0.39 is 0 Å². The van der Waals surface area contributed by atoms with Crippen LogP contribution in [0.4, 0.5) is 17.5 Å². The van der Waals surface area contributed by atoms with Gasteiger partial charge in [0, 0.05) is 28.5 Å². The van der Waals surface area contributed by atoms with Crippen LogP contribution >= 0.6 is 15.9 Å². The zero-order chi connectivity index (χ0) is 15.2. The third-order valence-corrected chi connectivity index (χ3v) is 3.46. The van der Waals surface area contributed by atoms with Crippen molar-refractivity contribution in [3.63, 3.8) is 0 Å². The maximum Gasteiger partial charge on any atom is 0.229 e. The third kappa shape index (κ3) is 5.34. The first kappa shape index (κ1) is 15.8. The van der Waals surface area contributed by atoms with Crippen molar-refractivity contribution in [2.45, 2.75) is 27.2 Å². The summed E-state index contributed by atoms with van der Waals surface area (Å²) < 4.78 is 1.02. The molecule has 0 fully saturated rings. The van der Waals surface area contributed by atoms with Crippen molar-refractivity contribution in [2.75, 3.05) is 17.2 Å². The molecule has 1 aromatic carbocycles. The first-order valence-electron chi connectivity index (χ1n) is 7.15. The number of halogens is 1. The van der Waals surface area contributed by atoms with Crippen LogP contribution in [-0.2, 0) is 0 Å². The number of rotatable bonds is 6. The normalized spacial score (nSPS) is 10.7. The Hall–Kier alpha value is -1.62. The van der Waals surface area contributed by atoms with Gasteiger partial charge in [-0.1, -0.05) is 35.8 Å². The molecule has 0 bridgehead atoms. The summed E-state index contributed by atoms with van der Waals surface area (Å²) in [6.07, 6.45) is 1.12. The number of nitrogens with one attached hydrogen (secondary N) is 2. The Kier molecular flexibility index (Phi) is 5.56. The van der Waals surface area contributed by atoms with E-state index in [9.17, 15) is 0 Å². The highest BCUT2D eigenvalue weighted by Crippen LogP contribution is 2.19. The Morgan fingerprint density at radius 3 is 2.71 bits per heavy atom. The van der Waals surface area contributed by atoms with Gasteiger partial charge in [0.05, 0.1) is 0 Å². The number of anilines is 3. The zero-order valence-corrected chi connectivity index (χ0v) is 14.2. The topological polar surface area (TPSA) is 49.8 Å². The Balaban J connectivity index is 2.07. The summed E-state index contributed by atoms with van der Waals surface area (Å²) in [5.41, 5.74) is 1.90. The molecule has 0 aliphatic rings. The molecule has 2 rings (SSSR count). The van der Waals surface area contributed by atoms with Crippen molar-refractivity contribution in [3.05, 3.63) is 40.5 Å². The quantitative estimate of drug-likeness (QED) is 0.790. The molecular weight excluding hydrogens is 328 g/mol. The van der Waals surface area contributed by atoms with Crippen molar-refractivity contribution in [3.8, 4) is 0 Å². The van der Waals surface area contributed by atoms with Crippen LogP contribution in [-0.4, -0.2) is 16.5 Å². The van der Waals surface area contributed by atoms with E-state index in [4.69, 9.17) is 0 Å². The fourth-order valence-electron chi connectivity index (χ4n) is 1.90. The molecule has 0 radical (unpaired) electrons. The number of nitrogens with zero attached hydrogens (tertiary/aromatic N) is 2. The molecule has 0 atom stereocenters. The van der Waals surface area contributed by atoms with E-state index in [1.165, 1.54) is 0 Å². The second-order valence-corrected chi connectivity index (χ2v) is 6.38. The fourth-order valence-corrected chi connectivity index (χ4v) is 2.30. The highest BCUT2D eigenvalue weighted by Gasteiger charge is 2.03. The maximum atomic E-state index is 4.51. The molecule has 5 heteroatoms. The van der Waals surface area contributed by atoms with E-state index >= 15 is 0 Å². The van der Waals surface area contributed by atoms with Gasteiger partial charge in [0.2, 0.25) is 5.95 Å². The third-order valence-electron chi connectivity index (χ3n) is 2.96.